The van der Waals surface area contributed by atoms with Gasteiger partial charge < -0.3 is 10.1 Å². The highest BCUT2D eigenvalue weighted by Crippen LogP contribution is 2.45. The number of benzene rings is 1. The van der Waals surface area contributed by atoms with Gasteiger partial charge in [-0.15, -0.1) is 0 Å². The van der Waals surface area contributed by atoms with Crippen LogP contribution in [-0.4, -0.2) is 32.3 Å². The van der Waals surface area contributed by atoms with E-state index in [0.717, 1.165) is 43.1 Å². The molecule has 0 unspecified atom stereocenters. The summed E-state index contributed by atoms with van der Waals surface area (Å²) in [7, 11) is -3.31. The Bertz CT molecular complexity index is 833. The molecule has 1 spiro atoms. The first kappa shape index (κ1) is 13.8. The lowest BCUT2D eigenvalue weighted by atomic mass is 9.87. The van der Waals surface area contributed by atoms with Gasteiger partial charge in [-0.1, -0.05) is 12.1 Å². The van der Waals surface area contributed by atoms with Gasteiger partial charge >= 0.3 is 0 Å². The third-order valence-corrected chi connectivity index (χ3v) is 5.59. The monoisotopic (exact) mass is 318 g/mol. The maximum absolute atomic E-state index is 12.2. The summed E-state index contributed by atoms with van der Waals surface area (Å²) in [5, 5.41) is 3.67. The molecular weight excluding hydrogens is 300 g/mol. The lowest BCUT2D eigenvalue weighted by Crippen LogP contribution is -2.47. The molecule has 0 saturated carbocycles. The molecule has 22 heavy (non-hydrogen) atoms. The molecule has 0 aliphatic carbocycles. The largest absolute Gasteiger partial charge is 0.479 e. The van der Waals surface area contributed by atoms with Crippen molar-refractivity contribution in [2.75, 3.05) is 19.3 Å². The average molecular weight is 318 g/mol. The molecule has 1 saturated heterocycles. The fourth-order valence-corrected chi connectivity index (χ4v) is 4.33. The summed E-state index contributed by atoms with van der Waals surface area (Å²) >= 11 is 0. The molecule has 4 rings (SSSR count). The van der Waals surface area contributed by atoms with E-state index in [1.165, 1.54) is 6.26 Å². The van der Waals surface area contributed by atoms with Crippen LogP contribution < -0.4 is 10.1 Å². The van der Waals surface area contributed by atoms with Gasteiger partial charge in [-0.2, -0.15) is 0 Å². The van der Waals surface area contributed by atoms with Crippen LogP contribution in [0.5, 0.6) is 5.75 Å². The number of hydrogen-bond donors (Lipinski definition) is 1. The number of sulfone groups is 1. The van der Waals surface area contributed by atoms with Gasteiger partial charge in [0.05, 0.1) is 11.4 Å². The molecule has 1 fully saturated rings. The minimum atomic E-state index is -3.31. The quantitative estimate of drug-likeness (QED) is 0.872. The van der Waals surface area contributed by atoms with Gasteiger partial charge in [0.2, 0.25) is 0 Å². The first-order valence-electron chi connectivity index (χ1n) is 7.43. The molecule has 1 aromatic carbocycles. The van der Waals surface area contributed by atoms with E-state index < -0.39 is 15.4 Å². The fourth-order valence-electron chi connectivity index (χ4n) is 3.49. The number of nitrogens with one attached hydrogen (secondary N) is 1. The summed E-state index contributed by atoms with van der Waals surface area (Å²) in [6.07, 6.45) is 2.91. The predicted octanol–water partition coefficient (Wildman–Crippen LogP) is 1.85. The summed E-state index contributed by atoms with van der Waals surface area (Å²) in [4.78, 5) is 0. The van der Waals surface area contributed by atoms with Gasteiger partial charge in [0.25, 0.3) is 0 Å². The van der Waals surface area contributed by atoms with Crippen molar-refractivity contribution in [3.63, 3.8) is 0 Å². The first-order chi connectivity index (χ1) is 10.5. The molecule has 6 heteroatoms. The highest BCUT2D eigenvalue weighted by atomic mass is 32.2. The molecule has 2 aromatic rings. The molecule has 0 atom stereocenters. The van der Waals surface area contributed by atoms with Crippen LogP contribution in [0.2, 0.25) is 0 Å². The predicted molar refractivity (Wildman–Crippen MR) is 83.3 cm³/mol. The average Bonchev–Trinajstić information content (AvgIpc) is 2.95. The topological polar surface area (TPSA) is 60.3 Å². The summed E-state index contributed by atoms with van der Waals surface area (Å²) in [5.41, 5.74) is 1.29. The van der Waals surface area contributed by atoms with E-state index in [1.807, 2.05) is 34.9 Å². The van der Waals surface area contributed by atoms with Crippen molar-refractivity contribution >= 4 is 9.84 Å². The minimum absolute atomic E-state index is 0.330. The van der Waals surface area contributed by atoms with Gasteiger partial charge in [-0.25, -0.2) is 8.42 Å². The highest BCUT2D eigenvalue weighted by Gasteiger charge is 2.43. The molecule has 3 heterocycles. The lowest BCUT2D eigenvalue weighted by molar-refractivity contribution is 0.0194. The van der Waals surface area contributed by atoms with Gasteiger partial charge in [0.1, 0.15) is 10.8 Å². The van der Waals surface area contributed by atoms with Crippen LogP contribution in [0.15, 0.2) is 41.4 Å². The second-order valence-corrected chi connectivity index (χ2v) is 7.94. The maximum Gasteiger partial charge on any atom is 0.191 e. The Labute approximate surface area is 129 Å². The Hall–Kier alpha value is -1.79. The number of fused-ring (bicyclic) bond motifs is 4. The van der Waals surface area contributed by atoms with E-state index in [2.05, 4.69) is 5.32 Å². The molecule has 5 nitrogen and oxygen atoms in total. The van der Waals surface area contributed by atoms with Crippen LogP contribution in [0.3, 0.4) is 0 Å². The Morgan fingerprint density at radius 2 is 1.86 bits per heavy atom. The summed E-state index contributed by atoms with van der Waals surface area (Å²) < 4.78 is 32.6. The van der Waals surface area contributed by atoms with Crippen LogP contribution in [0.1, 0.15) is 18.5 Å². The fraction of sp³-hybridized carbons (Fsp3) is 0.375. The lowest BCUT2D eigenvalue weighted by Gasteiger charge is -2.42. The zero-order chi connectivity index (χ0) is 15.4. The number of para-hydroxylation sites is 2. The van der Waals surface area contributed by atoms with E-state index in [4.69, 9.17) is 4.74 Å². The Morgan fingerprint density at radius 1 is 1.14 bits per heavy atom. The third kappa shape index (κ3) is 1.90. The second kappa shape index (κ2) is 4.60. The molecule has 1 aromatic heterocycles. The number of rotatable bonds is 1. The number of piperidine rings is 1. The zero-order valence-electron chi connectivity index (χ0n) is 12.4. The van der Waals surface area contributed by atoms with Crippen molar-refractivity contribution in [2.24, 2.45) is 0 Å². The van der Waals surface area contributed by atoms with Crippen molar-refractivity contribution in [3.8, 4) is 11.4 Å². The van der Waals surface area contributed by atoms with Crippen LogP contribution >= 0.6 is 0 Å². The molecular formula is C16H18N2O3S. The van der Waals surface area contributed by atoms with Crippen LogP contribution in [0.25, 0.3) is 5.69 Å². The molecule has 0 bridgehead atoms. The SMILES string of the molecule is CS(=O)(=O)c1ccc2n1-c1ccccc1OC21CCNCC1. The van der Waals surface area contributed by atoms with Crippen LogP contribution in [-0.2, 0) is 15.4 Å². The maximum atomic E-state index is 12.2. The minimum Gasteiger partial charge on any atom is -0.479 e. The molecule has 0 radical (unpaired) electrons. The van der Waals surface area contributed by atoms with Crippen molar-refractivity contribution < 1.29 is 13.2 Å². The Kier molecular flexibility index (Phi) is 2.90. The third-order valence-electron chi connectivity index (χ3n) is 4.51. The van der Waals surface area contributed by atoms with E-state index in [1.54, 1.807) is 6.07 Å². The molecule has 1 N–H and O–H groups in total. The summed E-state index contributed by atoms with van der Waals surface area (Å²) in [6, 6.07) is 11.2. The van der Waals surface area contributed by atoms with Crippen LogP contribution in [0, 0.1) is 0 Å². The molecule has 0 amide bonds. The van der Waals surface area contributed by atoms with Gasteiger partial charge in [0, 0.05) is 19.1 Å². The van der Waals surface area contributed by atoms with E-state index in [0.29, 0.717) is 5.03 Å². The first-order valence-corrected chi connectivity index (χ1v) is 9.32. The van der Waals surface area contributed by atoms with Crippen molar-refractivity contribution in [2.45, 2.75) is 23.5 Å². The van der Waals surface area contributed by atoms with E-state index >= 15 is 0 Å². The van der Waals surface area contributed by atoms with Crippen molar-refractivity contribution in [1.82, 2.24) is 9.88 Å². The summed E-state index contributed by atoms with van der Waals surface area (Å²) in [6.45, 7) is 1.73. The molecule has 2 aliphatic heterocycles. The van der Waals surface area contributed by atoms with Crippen molar-refractivity contribution in [3.05, 3.63) is 42.1 Å². The van der Waals surface area contributed by atoms with Gasteiger partial charge in [0.15, 0.2) is 15.4 Å². The number of aromatic nitrogens is 1. The molecule has 116 valence electrons. The van der Waals surface area contributed by atoms with E-state index in [9.17, 15) is 8.42 Å². The number of nitrogens with zero attached hydrogens (tertiary/aromatic N) is 1. The van der Waals surface area contributed by atoms with Crippen molar-refractivity contribution in [1.29, 1.82) is 0 Å². The molecule has 2 aliphatic rings. The second-order valence-electron chi connectivity index (χ2n) is 5.98. The number of hydrogen-bond acceptors (Lipinski definition) is 4. The van der Waals surface area contributed by atoms with Crippen LogP contribution in [0.4, 0.5) is 0 Å². The van der Waals surface area contributed by atoms with E-state index in [-0.39, 0.29) is 0 Å². The van der Waals surface area contributed by atoms with Gasteiger partial charge in [-0.3, -0.25) is 4.57 Å². The Morgan fingerprint density at radius 3 is 2.59 bits per heavy atom. The normalized spacial score (nSPS) is 19.3. The Balaban J connectivity index is 2.02. The standard InChI is InChI=1S/C16H18N2O3S/c1-22(19,20)15-7-6-14-16(8-10-17-11-9-16)21-13-5-3-2-4-12(13)18(14)15/h2-7,17H,8-11H2,1H3. The number of ether oxygens (including phenoxy) is 1. The summed E-state index contributed by atoms with van der Waals surface area (Å²) in [5.74, 6) is 0.748. The van der Waals surface area contributed by atoms with Gasteiger partial charge in [-0.05, 0) is 37.4 Å². The smallest absolute Gasteiger partial charge is 0.191 e. The zero-order valence-corrected chi connectivity index (χ0v) is 13.2. The highest BCUT2D eigenvalue weighted by molar-refractivity contribution is 7.90.